The largest absolute Gasteiger partial charge is 0.256 e. The molecule has 2 aliphatic carbocycles. The molecule has 0 saturated carbocycles. The second-order valence-electron chi connectivity index (χ2n) is 10.6. The Labute approximate surface area is 210 Å². The maximum Gasteiger partial charge on any atom is 0.0749 e. The van der Waals surface area contributed by atoms with Gasteiger partial charge in [-0.2, -0.15) is 0 Å². The first kappa shape index (κ1) is 28.1. The Morgan fingerprint density at radius 3 is 2.32 bits per heavy atom. The van der Waals surface area contributed by atoms with Gasteiger partial charge in [0.15, 0.2) is 0 Å². The normalized spacial score (nSPS) is 18.2. The molecule has 0 bridgehead atoms. The lowest BCUT2D eigenvalue weighted by atomic mass is 9.62. The van der Waals surface area contributed by atoms with E-state index < -0.39 is 0 Å². The van der Waals surface area contributed by atoms with Crippen LogP contribution in [0.3, 0.4) is 0 Å². The SMILES string of the molecule is CC.CCC(C)C.CCC=CCC1CC=C(C)C2=C1c1nccc3c(C)c(C)cc(c13)C2(C)C. The van der Waals surface area contributed by atoms with Gasteiger partial charge in [0.2, 0.25) is 0 Å². The van der Waals surface area contributed by atoms with Gasteiger partial charge in [0, 0.05) is 17.0 Å². The maximum absolute atomic E-state index is 4.96. The molecule has 0 spiro atoms. The molecule has 0 N–H and O–H groups in total. The first-order chi connectivity index (χ1) is 16.1. The van der Waals surface area contributed by atoms with Crippen LogP contribution in [-0.4, -0.2) is 4.98 Å². The summed E-state index contributed by atoms with van der Waals surface area (Å²) in [6.07, 6.45) is 13.8. The van der Waals surface area contributed by atoms with Gasteiger partial charge in [-0.1, -0.05) is 91.7 Å². The predicted molar refractivity (Wildman–Crippen MR) is 154 cm³/mol. The standard InChI is InChI=1S/C26H31N.C5H12.C2H6/c1-7-8-9-10-19-12-11-16(2)24-22(19)25-23-20(13-14-27-25)18(4)17(3)15-21(23)26(24,5)6;1-4-5(2)3;1-2/h8-9,11,13-15,19H,7,10,12H2,1-6H3;5H,4H2,1-3H3;1-2H3. The number of pyridine rings is 1. The third-order valence-corrected chi connectivity index (χ3v) is 7.55. The average molecular weight is 460 g/mol. The highest BCUT2D eigenvalue weighted by Crippen LogP contribution is 2.54. The molecule has 2 aromatic rings. The quantitative estimate of drug-likeness (QED) is 0.414. The molecule has 1 atom stereocenters. The zero-order chi connectivity index (χ0) is 25.6. The minimum Gasteiger partial charge on any atom is -0.256 e. The smallest absolute Gasteiger partial charge is 0.0749 e. The maximum atomic E-state index is 4.96. The molecule has 0 saturated heterocycles. The molecule has 0 radical (unpaired) electrons. The summed E-state index contributed by atoms with van der Waals surface area (Å²) < 4.78 is 0. The molecule has 1 unspecified atom stereocenters. The summed E-state index contributed by atoms with van der Waals surface area (Å²) in [5.74, 6) is 1.41. The van der Waals surface area contributed by atoms with E-state index in [-0.39, 0.29) is 5.41 Å². The summed E-state index contributed by atoms with van der Waals surface area (Å²) in [7, 11) is 0. The van der Waals surface area contributed by atoms with Crippen LogP contribution in [0.1, 0.15) is 110 Å². The van der Waals surface area contributed by atoms with Gasteiger partial charge in [-0.3, -0.25) is 4.98 Å². The van der Waals surface area contributed by atoms with Gasteiger partial charge in [-0.15, -0.1) is 0 Å². The number of aromatic nitrogens is 1. The molecular weight excluding hydrogens is 410 g/mol. The number of benzene rings is 1. The lowest BCUT2D eigenvalue weighted by Gasteiger charge is -2.42. The monoisotopic (exact) mass is 459 g/mol. The van der Waals surface area contributed by atoms with Crippen molar-refractivity contribution in [2.45, 2.75) is 107 Å². The molecule has 0 fully saturated rings. The summed E-state index contributed by atoms with van der Waals surface area (Å²) >= 11 is 0. The summed E-state index contributed by atoms with van der Waals surface area (Å²) in [6, 6.07) is 4.63. The van der Waals surface area contributed by atoms with Crippen LogP contribution in [0, 0.1) is 25.7 Å². The minimum absolute atomic E-state index is 0.00972. The van der Waals surface area contributed by atoms with Gasteiger partial charge in [-0.25, -0.2) is 0 Å². The van der Waals surface area contributed by atoms with Crippen molar-refractivity contribution in [3.63, 3.8) is 0 Å². The first-order valence-electron chi connectivity index (χ1n) is 13.6. The van der Waals surface area contributed by atoms with Crippen molar-refractivity contribution in [2.24, 2.45) is 11.8 Å². The topological polar surface area (TPSA) is 12.9 Å². The van der Waals surface area contributed by atoms with Crippen LogP contribution in [0.25, 0.3) is 16.3 Å². The Morgan fingerprint density at radius 2 is 1.74 bits per heavy atom. The average Bonchev–Trinajstić information content (AvgIpc) is 2.82. The van der Waals surface area contributed by atoms with E-state index in [0.717, 1.165) is 25.2 Å². The fraction of sp³-hybridized carbons (Fsp3) is 0.545. The number of rotatable bonds is 4. The fourth-order valence-corrected chi connectivity index (χ4v) is 5.23. The van der Waals surface area contributed by atoms with E-state index in [1.807, 2.05) is 20.0 Å². The lowest BCUT2D eigenvalue weighted by Crippen LogP contribution is -2.30. The van der Waals surface area contributed by atoms with E-state index in [9.17, 15) is 0 Å². The Balaban J connectivity index is 0.000000520. The number of hydrogen-bond donors (Lipinski definition) is 0. The Bertz CT molecular complexity index is 1080. The van der Waals surface area contributed by atoms with Crippen molar-refractivity contribution in [3.05, 3.63) is 70.1 Å². The summed E-state index contributed by atoms with van der Waals surface area (Å²) in [5.41, 5.74) is 9.92. The van der Waals surface area contributed by atoms with Crippen LogP contribution in [0.4, 0.5) is 0 Å². The second-order valence-corrected chi connectivity index (χ2v) is 10.6. The van der Waals surface area contributed by atoms with Crippen molar-refractivity contribution in [1.82, 2.24) is 4.98 Å². The van der Waals surface area contributed by atoms with E-state index in [4.69, 9.17) is 4.98 Å². The van der Waals surface area contributed by atoms with Gasteiger partial charge >= 0.3 is 0 Å². The molecule has 1 aromatic carbocycles. The number of fused-ring (bicyclic) bond motifs is 1. The molecule has 1 heteroatoms. The van der Waals surface area contributed by atoms with Gasteiger partial charge in [0.1, 0.15) is 0 Å². The minimum atomic E-state index is 0.00972. The molecule has 2 aliphatic rings. The van der Waals surface area contributed by atoms with E-state index in [0.29, 0.717) is 5.92 Å². The lowest BCUT2D eigenvalue weighted by molar-refractivity contribution is 0.592. The van der Waals surface area contributed by atoms with Crippen LogP contribution in [-0.2, 0) is 5.41 Å². The summed E-state index contributed by atoms with van der Waals surface area (Å²) in [6.45, 7) is 24.5. The zero-order valence-electron chi connectivity index (χ0n) is 23.9. The summed E-state index contributed by atoms with van der Waals surface area (Å²) in [4.78, 5) is 4.96. The first-order valence-corrected chi connectivity index (χ1v) is 13.6. The Hall–Kier alpha value is -2.15. The third kappa shape index (κ3) is 5.40. The molecule has 1 nitrogen and oxygen atoms in total. The van der Waals surface area contributed by atoms with Crippen LogP contribution >= 0.6 is 0 Å². The highest BCUT2D eigenvalue weighted by molar-refractivity contribution is 6.02. The van der Waals surface area contributed by atoms with Gasteiger partial charge in [-0.05, 0) is 91.2 Å². The van der Waals surface area contributed by atoms with E-state index in [1.165, 1.54) is 56.3 Å². The number of aryl methyl sites for hydroxylation is 2. The van der Waals surface area contributed by atoms with Crippen LogP contribution in [0.5, 0.6) is 0 Å². The van der Waals surface area contributed by atoms with Crippen molar-refractivity contribution >= 4 is 16.3 Å². The number of nitrogens with zero attached hydrogens (tertiary/aromatic N) is 1. The second kappa shape index (κ2) is 12.0. The molecule has 1 heterocycles. The highest BCUT2D eigenvalue weighted by Gasteiger charge is 2.40. The van der Waals surface area contributed by atoms with Crippen molar-refractivity contribution in [2.75, 3.05) is 0 Å². The number of allylic oxidation sites excluding steroid dienone is 6. The molecular formula is C33H49N. The molecule has 34 heavy (non-hydrogen) atoms. The van der Waals surface area contributed by atoms with Crippen LogP contribution in [0.2, 0.25) is 0 Å². The van der Waals surface area contributed by atoms with Gasteiger partial charge in [0.25, 0.3) is 0 Å². The summed E-state index contributed by atoms with van der Waals surface area (Å²) in [5, 5.41) is 2.77. The van der Waals surface area contributed by atoms with E-state index >= 15 is 0 Å². The molecule has 186 valence electrons. The van der Waals surface area contributed by atoms with E-state index in [1.54, 1.807) is 0 Å². The molecule has 4 rings (SSSR count). The Kier molecular flexibility index (Phi) is 9.92. The Morgan fingerprint density at radius 1 is 1.09 bits per heavy atom. The van der Waals surface area contributed by atoms with Crippen molar-refractivity contribution in [1.29, 1.82) is 0 Å². The molecule has 0 amide bonds. The zero-order valence-corrected chi connectivity index (χ0v) is 23.9. The molecule has 1 aromatic heterocycles. The highest BCUT2D eigenvalue weighted by atomic mass is 14.7. The predicted octanol–water partition coefficient (Wildman–Crippen LogP) is 10.3. The fourth-order valence-electron chi connectivity index (χ4n) is 5.23. The van der Waals surface area contributed by atoms with Crippen LogP contribution < -0.4 is 0 Å². The number of hydrogen-bond acceptors (Lipinski definition) is 1. The third-order valence-electron chi connectivity index (χ3n) is 7.55. The van der Waals surface area contributed by atoms with Gasteiger partial charge in [0.05, 0.1) is 5.69 Å². The van der Waals surface area contributed by atoms with Crippen LogP contribution in [0.15, 0.2) is 47.7 Å². The van der Waals surface area contributed by atoms with Crippen molar-refractivity contribution in [3.8, 4) is 0 Å². The van der Waals surface area contributed by atoms with Gasteiger partial charge < -0.3 is 0 Å². The van der Waals surface area contributed by atoms with Crippen molar-refractivity contribution < 1.29 is 0 Å². The van der Waals surface area contributed by atoms with E-state index in [2.05, 4.69) is 92.7 Å². The molecule has 0 aliphatic heterocycles.